The number of aromatic nitrogens is 1. The van der Waals surface area contributed by atoms with E-state index in [9.17, 15) is 13.2 Å². The summed E-state index contributed by atoms with van der Waals surface area (Å²) in [6, 6.07) is 7.64. The summed E-state index contributed by atoms with van der Waals surface area (Å²) in [6.07, 6.45) is -3.24. The predicted molar refractivity (Wildman–Crippen MR) is 69.1 cm³/mol. The van der Waals surface area contributed by atoms with Crippen LogP contribution in [0.25, 0.3) is 11.1 Å². The highest BCUT2D eigenvalue weighted by Gasteiger charge is 2.32. The minimum absolute atomic E-state index is 0.318. The van der Waals surface area contributed by atoms with Gasteiger partial charge in [-0.2, -0.15) is 13.2 Å². The van der Waals surface area contributed by atoms with Crippen molar-refractivity contribution < 1.29 is 17.9 Å². The molecule has 0 unspecified atom stereocenters. The Bertz CT molecular complexity index is 572. The highest BCUT2D eigenvalue weighted by Crippen LogP contribution is 2.30. The van der Waals surface area contributed by atoms with Gasteiger partial charge in [-0.05, 0) is 35.4 Å². The maximum Gasteiger partial charge on any atom is 0.433 e. The topological polar surface area (TPSA) is 48.1 Å². The van der Waals surface area contributed by atoms with E-state index in [0.717, 1.165) is 11.6 Å². The van der Waals surface area contributed by atoms with Crippen molar-refractivity contribution in [3.8, 4) is 16.9 Å². The van der Waals surface area contributed by atoms with Gasteiger partial charge in [-0.15, -0.1) is 0 Å². The Kier molecular flexibility index (Phi) is 3.94. The first kappa shape index (κ1) is 14.3. The van der Waals surface area contributed by atoms with Gasteiger partial charge in [-0.1, -0.05) is 6.07 Å². The lowest BCUT2D eigenvalue weighted by atomic mass is 10.0. The molecule has 0 spiro atoms. The molecule has 20 heavy (non-hydrogen) atoms. The zero-order valence-corrected chi connectivity index (χ0v) is 10.7. The maximum atomic E-state index is 12.5. The number of hydrogen-bond acceptors (Lipinski definition) is 3. The van der Waals surface area contributed by atoms with Crippen molar-refractivity contribution >= 4 is 0 Å². The van der Waals surface area contributed by atoms with Crippen LogP contribution in [0.1, 0.15) is 11.3 Å². The molecule has 0 fully saturated rings. The first-order valence-corrected chi connectivity index (χ1v) is 5.85. The van der Waals surface area contributed by atoms with Gasteiger partial charge in [0.1, 0.15) is 11.4 Å². The Morgan fingerprint density at radius 2 is 1.90 bits per heavy atom. The van der Waals surface area contributed by atoms with E-state index in [0.29, 0.717) is 23.4 Å². The first-order valence-electron chi connectivity index (χ1n) is 5.85. The molecular weight excluding hydrogens is 269 g/mol. The van der Waals surface area contributed by atoms with Crippen molar-refractivity contribution in [3.05, 3.63) is 47.8 Å². The van der Waals surface area contributed by atoms with Crippen LogP contribution in [-0.2, 0) is 12.7 Å². The van der Waals surface area contributed by atoms with Gasteiger partial charge in [0.15, 0.2) is 0 Å². The number of alkyl halides is 3. The van der Waals surface area contributed by atoms with Crippen molar-refractivity contribution in [2.24, 2.45) is 5.73 Å². The lowest BCUT2D eigenvalue weighted by Gasteiger charge is -2.09. The second-order valence-corrected chi connectivity index (χ2v) is 4.20. The predicted octanol–water partition coefficient (Wildman–Crippen LogP) is 3.23. The number of methoxy groups -OCH3 is 1. The van der Waals surface area contributed by atoms with E-state index in [1.807, 2.05) is 0 Å². The summed E-state index contributed by atoms with van der Waals surface area (Å²) in [5, 5.41) is 0. The molecular formula is C14H13F3N2O. The molecule has 0 saturated heterocycles. The summed E-state index contributed by atoms with van der Waals surface area (Å²) in [5.74, 6) is 0.600. The molecule has 106 valence electrons. The lowest BCUT2D eigenvalue weighted by molar-refractivity contribution is -0.141. The monoisotopic (exact) mass is 282 g/mol. The Morgan fingerprint density at radius 1 is 1.15 bits per heavy atom. The fourth-order valence-corrected chi connectivity index (χ4v) is 1.80. The smallest absolute Gasteiger partial charge is 0.433 e. The Balaban J connectivity index is 2.41. The zero-order valence-electron chi connectivity index (χ0n) is 10.7. The number of pyridine rings is 1. The Hall–Kier alpha value is -2.08. The summed E-state index contributed by atoms with van der Waals surface area (Å²) >= 11 is 0. The number of rotatable bonds is 3. The van der Waals surface area contributed by atoms with Crippen molar-refractivity contribution in [1.82, 2.24) is 4.98 Å². The van der Waals surface area contributed by atoms with Gasteiger partial charge in [0.05, 0.1) is 7.11 Å². The van der Waals surface area contributed by atoms with Gasteiger partial charge in [-0.3, -0.25) is 4.98 Å². The van der Waals surface area contributed by atoms with E-state index >= 15 is 0 Å². The number of nitrogens with zero attached hydrogens (tertiary/aromatic N) is 1. The van der Waals surface area contributed by atoms with Crippen molar-refractivity contribution in [1.29, 1.82) is 0 Å². The van der Waals surface area contributed by atoms with E-state index < -0.39 is 11.9 Å². The summed E-state index contributed by atoms with van der Waals surface area (Å²) in [5.41, 5.74) is 6.79. The average Bonchev–Trinajstić information content (AvgIpc) is 2.46. The third-order valence-corrected chi connectivity index (χ3v) is 2.82. The molecule has 0 saturated carbocycles. The van der Waals surface area contributed by atoms with E-state index in [4.69, 9.17) is 10.5 Å². The van der Waals surface area contributed by atoms with Crippen LogP contribution < -0.4 is 10.5 Å². The largest absolute Gasteiger partial charge is 0.497 e. The number of hydrogen-bond donors (Lipinski definition) is 1. The first-order chi connectivity index (χ1) is 9.44. The minimum atomic E-state index is -4.44. The molecule has 1 heterocycles. The third kappa shape index (κ3) is 3.08. The van der Waals surface area contributed by atoms with E-state index in [1.165, 1.54) is 19.4 Å². The number of benzene rings is 1. The van der Waals surface area contributed by atoms with Crippen LogP contribution in [0.5, 0.6) is 5.75 Å². The number of ether oxygens (including phenoxy) is 1. The van der Waals surface area contributed by atoms with Crippen LogP contribution in [0.3, 0.4) is 0 Å². The third-order valence-electron chi connectivity index (χ3n) is 2.82. The molecule has 2 aromatic rings. The van der Waals surface area contributed by atoms with Crippen LogP contribution in [0.4, 0.5) is 13.2 Å². The van der Waals surface area contributed by atoms with Crippen LogP contribution in [0.2, 0.25) is 0 Å². The van der Waals surface area contributed by atoms with Gasteiger partial charge in [0.2, 0.25) is 0 Å². The van der Waals surface area contributed by atoms with Crippen LogP contribution in [0.15, 0.2) is 36.5 Å². The van der Waals surface area contributed by atoms with E-state index in [1.54, 1.807) is 18.2 Å². The highest BCUT2D eigenvalue weighted by molar-refractivity contribution is 5.65. The van der Waals surface area contributed by atoms with Gasteiger partial charge < -0.3 is 10.5 Å². The molecule has 6 heteroatoms. The summed E-state index contributed by atoms with van der Waals surface area (Å²) < 4.78 is 42.5. The normalized spacial score (nSPS) is 11.4. The molecule has 0 radical (unpaired) electrons. The number of halogens is 3. The molecule has 0 aliphatic carbocycles. The van der Waals surface area contributed by atoms with Gasteiger partial charge in [0.25, 0.3) is 0 Å². The van der Waals surface area contributed by atoms with Crippen molar-refractivity contribution in [2.45, 2.75) is 12.7 Å². The van der Waals surface area contributed by atoms with Crippen molar-refractivity contribution in [3.63, 3.8) is 0 Å². The standard InChI is InChI=1S/C14H13F3N2O/c1-20-12-5-9(7-18)4-11(6-12)10-2-3-13(19-8-10)14(15,16)17/h2-6,8H,7,18H2,1H3. The van der Waals surface area contributed by atoms with Crippen LogP contribution >= 0.6 is 0 Å². The summed E-state index contributed by atoms with van der Waals surface area (Å²) in [7, 11) is 1.52. The second-order valence-electron chi connectivity index (χ2n) is 4.20. The Labute approximate surface area is 114 Å². The number of nitrogens with two attached hydrogens (primary N) is 1. The quantitative estimate of drug-likeness (QED) is 0.940. The van der Waals surface area contributed by atoms with Gasteiger partial charge in [0, 0.05) is 18.3 Å². The fourth-order valence-electron chi connectivity index (χ4n) is 1.80. The molecule has 0 aliphatic heterocycles. The summed E-state index contributed by atoms with van der Waals surface area (Å²) in [4.78, 5) is 3.44. The molecule has 0 amide bonds. The van der Waals surface area contributed by atoms with Crippen molar-refractivity contribution in [2.75, 3.05) is 7.11 Å². The van der Waals surface area contributed by atoms with E-state index in [2.05, 4.69) is 4.98 Å². The van der Waals surface area contributed by atoms with Crippen LogP contribution in [0, 0.1) is 0 Å². The molecule has 0 aliphatic rings. The lowest BCUT2D eigenvalue weighted by Crippen LogP contribution is -2.07. The molecule has 0 atom stereocenters. The summed E-state index contributed by atoms with van der Waals surface area (Å²) in [6.45, 7) is 0.318. The maximum absolute atomic E-state index is 12.5. The average molecular weight is 282 g/mol. The zero-order chi connectivity index (χ0) is 14.8. The molecule has 1 aromatic carbocycles. The van der Waals surface area contributed by atoms with Crippen LogP contribution in [-0.4, -0.2) is 12.1 Å². The fraction of sp³-hybridized carbons (Fsp3) is 0.214. The second kappa shape index (κ2) is 5.50. The SMILES string of the molecule is COc1cc(CN)cc(-c2ccc(C(F)(F)F)nc2)c1. The van der Waals surface area contributed by atoms with Gasteiger partial charge >= 0.3 is 6.18 Å². The molecule has 0 bridgehead atoms. The van der Waals surface area contributed by atoms with Gasteiger partial charge in [-0.25, -0.2) is 0 Å². The molecule has 2 rings (SSSR count). The molecule has 3 nitrogen and oxygen atoms in total. The minimum Gasteiger partial charge on any atom is -0.497 e. The molecule has 2 N–H and O–H groups in total. The highest BCUT2D eigenvalue weighted by atomic mass is 19.4. The molecule has 1 aromatic heterocycles. The Morgan fingerprint density at radius 3 is 2.40 bits per heavy atom. The van der Waals surface area contributed by atoms with E-state index in [-0.39, 0.29) is 0 Å².